The minimum atomic E-state index is 0.233. The number of nitrogens with zero attached hydrogens (tertiary/aromatic N) is 1. The number of anilines is 1. The summed E-state index contributed by atoms with van der Waals surface area (Å²) in [6.07, 6.45) is 1.04. The van der Waals surface area contributed by atoms with Crippen molar-refractivity contribution in [3.63, 3.8) is 0 Å². The molecule has 2 unspecified atom stereocenters. The van der Waals surface area contributed by atoms with Crippen LogP contribution in [-0.2, 0) is 4.79 Å². The van der Waals surface area contributed by atoms with Crippen molar-refractivity contribution in [3.05, 3.63) is 29.8 Å². The summed E-state index contributed by atoms with van der Waals surface area (Å²) in [5.74, 6) is 1.41. The molecular formula is C12H13NOS. The van der Waals surface area contributed by atoms with Crippen LogP contribution in [0.5, 0.6) is 0 Å². The summed E-state index contributed by atoms with van der Waals surface area (Å²) >= 11 is 1.81. The van der Waals surface area contributed by atoms with Gasteiger partial charge in [-0.2, -0.15) is 0 Å². The minimum Gasteiger partial charge on any atom is -0.308 e. The van der Waals surface area contributed by atoms with E-state index in [9.17, 15) is 4.79 Å². The summed E-state index contributed by atoms with van der Waals surface area (Å²) < 4.78 is 0. The topological polar surface area (TPSA) is 20.3 Å². The van der Waals surface area contributed by atoms with Crippen molar-refractivity contribution in [3.8, 4) is 0 Å². The number of amides is 1. The third-order valence-electron chi connectivity index (χ3n) is 3.17. The Hall–Kier alpha value is -0.960. The van der Waals surface area contributed by atoms with E-state index in [0.717, 1.165) is 17.9 Å². The average Bonchev–Trinajstić information content (AvgIpc) is 2.80. The van der Waals surface area contributed by atoms with Gasteiger partial charge in [0.05, 0.1) is 5.25 Å². The van der Waals surface area contributed by atoms with Gasteiger partial charge in [-0.25, -0.2) is 0 Å². The van der Waals surface area contributed by atoms with E-state index in [0.29, 0.717) is 11.9 Å². The van der Waals surface area contributed by atoms with Gasteiger partial charge in [0.2, 0.25) is 5.91 Å². The van der Waals surface area contributed by atoms with Gasteiger partial charge in [0.1, 0.15) is 0 Å². The Morgan fingerprint density at radius 1 is 1.33 bits per heavy atom. The van der Waals surface area contributed by atoms with Crippen LogP contribution in [0.1, 0.15) is 12.0 Å². The summed E-state index contributed by atoms with van der Waals surface area (Å²) in [6, 6.07) is 8.69. The first-order valence-corrected chi connectivity index (χ1v) is 6.32. The lowest BCUT2D eigenvalue weighted by Crippen LogP contribution is -2.38. The molecule has 1 aromatic rings. The highest BCUT2D eigenvalue weighted by Crippen LogP contribution is 2.40. The zero-order chi connectivity index (χ0) is 10.4. The smallest absolute Gasteiger partial charge is 0.240 e. The zero-order valence-corrected chi connectivity index (χ0v) is 9.46. The molecule has 0 aromatic heterocycles. The quantitative estimate of drug-likeness (QED) is 0.722. The van der Waals surface area contributed by atoms with Crippen LogP contribution in [-0.4, -0.2) is 23.0 Å². The van der Waals surface area contributed by atoms with Crippen molar-refractivity contribution in [2.24, 2.45) is 0 Å². The van der Waals surface area contributed by atoms with Crippen LogP contribution in [0.25, 0.3) is 0 Å². The van der Waals surface area contributed by atoms with Crippen molar-refractivity contribution >= 4 is 23.4 Å². The lowest BCUT2D eigenvalue weighted by atomic mass is 10.2. The van der Waals surface area contributed by atoms with Gasteiger partial charge in [0, 0.05) is 17.5 Å². The highest BCUT2D eigenvalue weighted by atomic mass is 32.2. The molecule has 1 aromatic carbocycles. The molecule has 2 saturated heterocycles. The number of hydrogen-bond acceptors (Lipinski definition) is 2. The highest BCUT2D eigenvalue weighted by molar-refractivity contribution is 8.01. The zero-order valence-electron chi connectivity index (χ0n) is 8.64. The first-order valence-electron chi connectivity index (χ1n) is 5.27. The molecule has 2 nitrogen and oxygen atoms in total. The van der Waals surface area contributed by atoms with Gasteiger partial charge in [0.25, 0.3) is 0 Å². The molecular weight excluding hydrogens is 206 g/mol. The molecule has 0 N–H and O–H groups in total. The molecule has 2 bridgehead atoms. The van der Waals surface area contributed by atoms with E-state index < -0.39 is 0 Å². The molecule has 0 spiro atoms. The summed E-state index contributed by atoms with van der Waals surface area (Å²) in [7, 11) is 0. The number of carbonyl (C=O) groups excluding carboxylic acids is 1. The number of fused-ring (bicyclic) bond motifs is 2. The Morgan fingerprint density at radius 3 is 2.67 bits per heavy atom. The molecule has 2 atom stereocenters. The first-order chi connectivity index (χ1) is 7.25. The molecule has 2 aliphatic heterocycles. The van der Waals surface area contributed by atoms with E-state index in [1.54, 1.807) is 0 Å². The van der Waals surface area contributed by atoms with Crippen LogP contribution in [0.2, 0.25) is 0 Å². The molecule has 78 valence electrons. The Bertz CT molecular complexity index is 401. The van der Waals surface area contributed by atoms with Gasteiger partial charge >= 0.3 is 0 Å². The first kappa shape index (κ1) is 9.28. The lowest BCUT2D eigenvalue weighted by Gasteiger charge is -2.26. The maximum atomic E-state index is 12.0. The van der Waals surface area contributed by atoms with Crippen molar-refractivity contribution < 1.29 is 4.79 Å². The monoisotopic (exact) mass is 219 g/mol. The lowest BCUT2D eigenvalue weighted by molar-refractivity contribution is -0.116. The highest BCUT2D eigenvalue weighted by Gasteiger charge is 2.45. The largest absolute Gasteiger partial charge is 0.308 e. The number of rotatable bonds is 1. The summed E-state index contributed by atoms with van der Waals surface area (Å²) in [5.41, 5.74) is 2.31. The Kier molecular flexibility index (Phi) is 2.02. The van der Waals surface area contributed by atoms with Crippen molar-refractivity contribution in [2.75, 3.05) is 10.7 Å². The van der Waals surface area contributed by atoms with E-state index in [4.69, 9.17) is 0 Å². The van der Waals surface area contributed by atoms with Crippen LogP contribution in [0.4, 0.5) is 5.69 Å². The Balaban J connectivity index is 1.94. The van der Waals surface area contributed by atoms with E-state index in [1.807, 2.05) is 16.7 Å². The van der Waals surface area contributed by atoms with E-state index in [1.165, 1.54) is 5.56 Å². The minimum absolute atomic E-state index is 0.233. The predicted molar refractivity (Wildman–Crippen MR) is 63.3 cm³/mol. The fraction of sp³-hybridized carbons (Fsp3) is 0.417. The van der Waals surface area contributed by atoms with Crippen molar-refractivity contribution in [1.82, 2.24) is 0 Å². The molecule has 3 rings (SSSR count). The second-order valence-corrected chi connectivity index (χ2v) is 5.49. The molecule has 2 aliphatic rings. The van der Waals surface area contributed by atoms with Crippen LogP contribution in [0.15, 0.2) is 24.3 Å². The van der Waals surface area contributed by atoms with Gasteiger partial charge in [-0.05, 0) is 25.5 Å². The van der Waals surface area contributed by atoms with Crippen molar-refractivity contribution in [1.29, 1.82) is 0 Å². The van der Waals surface area contributed by atoms with Crippen LogP contribution in [0.3, 0.4) is 0 Å². The van der Waals surface area contributed by atoms with Crippen LogP contribution >= 0.6 is 11.8 Å². The molecule has 2 heterocycles. The third kappa shape index (κ3) is 1.37. The van der Waals surface area contributed by atoms with E-state index in [-0.39, 0.29) is 5.25 Å². The molecule has 0 saturated carbocycles. The maximum Gasteiger partial charge on any atom is 0.240 e. The summed E-state index contributed by atoms with van der Waals surface area (Å²) in [6.45, 7) is 2.07. The molecule has 0 aliphatic carbocycles. The SMILES string of the molecule is Cc1ccc(N2C(=O)C3CC2CS3)cc1. The second kappa shape index (κ2) is 3.27. The number of hydrogen-bond donors (Lipinski definition) is 0. The van der Waals surface area contributed by atoms with Gasteiger partial charge < -0.3 is 4.90 Å². The van der Waals surface area contributed by atoms with Gasteiger partial charge in [-0.1, -0.05) is 17.7 Å². The predicted octanol–water partition coefficient (Wildman–Crippen LogP) is 2.22. The number of thioether (sulfide) groups is 1. The Labute approximate surface area is 93.7 Å². The molecule has 3 heteroatoms. The van der Waals surface area contributed by atoms with Gasteiger partial charge in [-0.3, -0.25) is 4.79 Å². The Morgan fingerprint density at radius 2 is 2.07 bits per heavy atom. The van der Waals surface area contributed by atoms with E-state index >= 15 is 0 Å². The third-order valence-corrected chi connectivity index (χ3v) is 4.54. The van der Waals surface area contributed by atoms with Gasteiger partial charge in [-0.15, -0.1) is 11.8 Å². The van der Waals surface area contributed by atoms with Crippen molar-refractivity contribution in [2.45, 2.75) is 24.6 Å². The molecule has 2 fully saturated rings. The summed E-state index contributed by atoms with van der Waals surface area (Å²) in [5, 5.41) is 0.233. The normalized spacial score (nSPS) is 28.9. The van der Waals surface area contributed by atoms with Gasteiger partial charge in [0.15, 0.2) is 0 Å². The second-order valence-electron chi connectivity index (χ2n) is 4.26. The number of aryl methyl sites for hydroxylation is 1. The maximum absolute atomic E-state index is 12.0. The summed E-state index contributed by atoms with van der Waals surface area (Å²) in [4.78, 5) is 13.9. The van der Waals surface area contributed by atoms with Crippen LogP contribution in [0, 0.1) is 6.92 Å². The van der Waals surface area contributed by atoms with Crippen LogP contribution < -0.4 is 4.90 Å². The average molecular weight is 219 g/mol. The standard InChI is InChI=1S/C12H13NOS/c1-8-2-4-9(5-3-8)13-10-6-11(12(13)14)15-7-10/h2-5,10-11H,6-7H2,1H3. The molecule has 1 amide bonds. The fourth-order valence-electron chi connectivity index (χ4n) is 2.34. The van der Waals surface area contributed by atoms with E-state index in [2.05, 4.69) is 31.2 Å². The molecule has 0 radical (unpaired) electrons. The number of carbonyl (C=O) groups is 1. The fourth-order valence-corrected chi connectivity index (χ4v) is 3.69. The number of benzene rings is 1. The molecule has 15 heavy (non-hydrogen) atoms.